The van der Waals surface area contributed by atoms with Crippen molar-refractivity contribution in [1.82, 2.24) is 9.88 Å². The molecule has 1 aliphatic heterocycles. The number of halogens is 1. The number of carbonyl (C=O) groups is 1. The molecule has 2 heterocycles. The van der Waals surface area contributed by atoms with Crippen molar-refractivity contribution < 1.29 is 14.3 Å². The van der Waals surface area contributed by atoms with Crippen molar-refractivity contribution in [1.29, 1.82) is 0 Å². The number of benzene rings is 1. The number of amides is 1. The van der Waals surface area contributed by atoms with Crippen molar-refractivity contribution in [2.45, 2.75) is 18.8 Å². The van der Waals surface area contributed by atoms with Crippen LogP contribution in [0.3, 0.4) is 0 Å². The van der Waals surface area contributed by atoms with E-state index in [9.17, 15) is 14.3 Å². The molecule has 2 aromatic rings. The van der Waals surface area contributed by atoms with Crippen molar-refractivity contribution in [2.24, 2.45) is 5.92 Å². The van der Waals surface area contributed by atoms with Crippen molar-refractivity contribution in [2.75, 3.05) is 13.1 Å². The monoisotopic (exact) mass is 336 g/mol. The third-order valence-corrected chi connectivity index (χ3v) is 5.02. The molecule has 5 heteroatoms. The molecule has 0 bridgehead atoms. The quantitative estimate of drug-likeness (QED) is 0.751. The Morgan fingerprint density at radius 1 is 1.24 bits per heavy atom. The lowest BCUT2D eigenvalue weighted by Gasteiger charge is -2.25. The SMILES string of the molecule is O=C(O)N1CC2CCc3cc(C#Cc4cccc(F)c4)cnc3C2C1. The Hall–Kier alpha value is -2.87. The van der Waals surface area contributed by atoms with E-state index < -0.39 is 6.09 Å². The summed E-state index contributed by atoms with van der Waals surface area (Å²) in [7, 11) is 0. The van der Waals surface area contributed by atoms with E-state index in [1.807, 2.05) is 6.07 Å². The van der Waals surface area contributed by atoms with E-state index in [1.54, 1.807) is 18.3 Å². The lowest BCUT2D eigenvalue weighted by atomic mass is 9.80. The second-order valence-corrected chi connectivity index (χ2v) is 6.62. The molecular weight excluding hydrogens is 319 g/mol. The predicted octanol–water partition coefficient (Wildman–Crippen LogP) is 3.26. The number of hydrogen-bond donors (Lipinski definition) is 1. The zero-order chi connectivity index (χ0) is 17.4. The first-order valence-electron chi connectivity index (χ1n) is 8.34. The van der Waals surface area contributed by atoms with E-state index in [-0.39, 0.29) is 11.7 Å². The van der Waals surface area contributed by atoms with Crippen LogP contribution in [0.25, 0.3) is 0 Å². The Bertz CT molecular complexity index is 900. The van der Waals surface area contributed by atoms with E-state index >= 15 is 0 Å². The highest BCUT2D eigenvalue weighted by Crippen LogP contribution is 2.40. The van der Waals surface area contributed by atoms with Gasteiger partial charge in [-0.25, -0.2) is 9.18 Å². The molecule has 0 radical (unpaired) electrons. The van der Waals surface area contributed by atoms with Crippen LogP contribution in [0.4, 0.5) is 9.18 Å². The van der Waals surface area contributed by atoms with Gasteiger partial charge in [-0.2, -0.15) is 0 Å². The molecule has 1 fully saturated rings. The highest BCUT2D eigenvalue weighted by molar-refractivity contribution is 5.65. The Balaban J connectivity index is 1.59. The largest absolute Gasteiger partial charge is 0.465 e. The molecule has 1 amide bonds. The summed E-state index contributed by atoms with van der Waals surface area (Å²) < 4.78 is 13.2. The fourth-order valence-electron chi connectivity index (χ4n) is 3.80. The van der Waals surface area contributed by atoms with E-state index in [4.69, 9.17) is 0 Å². The summed E-state index contributed by atoms with van der Waals surface area (Å²) >= 11 is 0. The zero-order valence-electron chi connectivity index (χ0n) is 13.6. The fourth-order valence-corrected chi connectivity index (χ4v) is 3.80. The van der Waals surface area contributed by atoms with Gasteiger partial charge in [-0.1, -0.05) is 17.9 Å². The number of hydrogen-bond acceptors (Lipinski definition) is 2. The summed E-state index contributed by atoms with van der Waals surface area (Å²) in [4.78, 5) is 17.3. The summed E-state index contributed by atoms with van der Waals surface area (Å²) in [5.74, 6) is 6.25. The summed E-state index contributed by atoms with van der Waals surface area (Å²) in [5.41, 5.74) is 3.59. The van der Waals surface area contributed by atoms with E-state index in [0.717, 1.165) is 29.7 Å². The molecule has 0 saturated carbocycles. The molecule has 1 aromatic carbocycles. The Kier molecular flexibility index (Phi) is 3.89. The molecule has 126 valence electrons. The first-order valence-corrected chi connectivity index (χ1v) is 8.34. The van der Waals surface area contributed by atoms with Gasteiger partial charge in [0, 0.05) is 42.0 Å². The van der Waals surface area contributed by atoms with Crippen LogP contribution < -0.4 is 0 Å². The van der Waals surface area contributed by atoms with Gasteiger partial charge in [0.1, 0.15) is 5.82 Å². The van der Waals surface area contributed by atoms with Crippen LogP contribution in [0.5, 0.6) is 0 Å². The first kappa shape index (κ1) is 15.6. The fraction of sp³-hybridized carbons (Fsp3) is 0.300. The number of nitrogens with zero attached hydrogens (tertiary/aromatic N) is 2. The molecule has 1 N–H and O–H groups in total. The number of rotatable bonds is 0. The van der Waals surface area contributed by atoms with Crippen molar-refractivity contribution in [3.63, 3.8) is 0 Å². The van der Waals surface area contributed by atoms with Gasteiger partial charge in [-0.15, -0.1) is 0 Å². The van der Waals surface area contributed by atoms with Gasteiger partial charge in [0.2, 0.25) is 0 Å². The Morgan fingerprint density at radius 2 is 2.08 bits per heavy atom. The van der Waals surface area contributed by atoms with Crippen molar-refractivity contribution >= 4 is 6.09 Å². The molecule has 1 aliphatic carbocycles. The summed E-state index contributed by atoms with van der Waals surface area (Å²) in [6.45, 7) is 1.12. The third kappa shape index (κ3) is 3.08. The molecule has 25 heavy (non-hydrogen) atoms. The Morgan fingerprint density at radius 3 is 2.88 bits per heavy atom. The third-order valence-electron chi connectivity index (χ3n) is 5.02. The van der Waals surface area contributed by atoms with Crippen LogP contribution in [0.1, 0.15) is 34.7 Å². The highest BCUT2D eigenvalue weighted by Gasteiger charge is 2.40. The van der Waals surface area contributed by atoms with Crippen LogP contribution in [0.2, 0.25) is 0 Å². The molecule has 2 aliphatic rings. The van der Waals surface area contributed by atoms with E-state index in [0.29, 0.717) is 24.6 Å². The summed E-state index contributed by atoms with van der Waals surface area (Å²) in [5, 5.41) is 9.21. The average Bonchev–Trinajstić information content (AvgIpc) is 3.05. The maximum Gasteiger partial charge on any atom is 0.407 e. The van der Waals surface area contributed by atoms with Crippen LogP contribution in [0, 0.1) is 23.6 Å². The predicted molar refractivity (Wildman–Crippen MR) is 90.8 cm³/mol. The number of likely N-dealkylation sites (tertiary alicyclic amines) is 1. The molecule has 2 atom stereocenters. The molecule has 0 spiro atoms. The van der Waals surface area contributed by atoms with Crippen molar-refractivity contribution in [3.05, 3.63) is 64.7 Å². The van der Waals surface area contributed by atoms with Gasteiger partial charge in [0.25, 0.3) is 0 Å². The second-order valence-electron chi connectivity index (χ2n) is 6.62. The van der Waals surface area contributed by atoms with E-state index in [2.05, 4.69) is 16.8 Å². The Labute approximate surface area is 145 Å². The van der Waals surface area contributed by atoms with Crippen molar-refractivity contribution in [3.8, 4) is 11.8 Å². The van der Waals surface area contributed by atoms with Crippen LogP contribution in [-0.4, -0.2) is 34.2 Å². The summed E-state index contributed by atoms with van der Waals surface area (Å²) in [6, 6.07) is 8.24. The molecule has 4 nitrogen and oxygen atoms in total. The van der Waals surface area contributed by atoms with Crippen LogP contribution >= 0.6 is 0 Å². The number of fused-ring (bicyclic) bond motifs is 3. The smallest absolute Gasteiger partial charge is 0.407 e. The maximum atomic E-state index is 13.2. The zero-order valence-corrected chi connectivity index (χ0v) is 13.6. The minimum absolute atomic E-state index is 0.185. The summed E-state index contributed by atoms with van der Waals surface area (Å²) in [6.07, 6.45) is 2.75. The molecule has 4 rings (SSSR count). The van der Waals surface area contributed by atoms with Gasteiger partial charge < -0.3 is 10.0 Å². The minimum Gasteiger partial charge on any atom is -0.465 e. The minimum atomic E-state index is -0.853. The molecule has 1 saturated heterocycles. The van der Waals surface area contributed by atoms with Crippen LogP contribution in [-0.2, 0) is 6.42 Å². The molecule has 1 aromatic heterocycles. The molecular formula is C20H17FN2O2. The van der Waals surface area contributed by atoms with E-state index in [1.165, 1.54) is 17.0 Å². The second kappa shape index (κ2) is 6.21. The number of carboxylic acid groups (broad SMARTS) is 1. The van der Waals surface area contributed by atoms with Gasteiger partial charge >= 0.3 is 6.09 Å². The highest BCUT2D eigenvalue weighted by atomic mass is 19.1. The number of pyridine rings is 1. The van der Waals surface area contributed by atoms with Gasteiger partial charge in [-0.3, -0.25) is 4.98 Å². The number of aromatic nitrogens is 1. The van der Waals surface area contributed by atoms with Crippen LogP contribution in [0.15, 0.2) is 36.5 Å². The van der Waals surface area contributed by atoms with Gasteiger partial charge in [-0.05, 0) is 48.6 Å². The lowest BCUT2D eigenvalue weighted by Crippen LogP contribution is -2.26. The topological polar surface area (TPSA) is 53.4 Å². The molecule has 2 unspecified atom stereocenters. The van der Waals surface area contributed by atoms with Gasteiger partial charge in [0.15, 0.2) is 0 Å². The number of aryl methyl sites for hydroxylation is 1. The lowest BCUT2D eigenvalue weighted by molar-refractivity contribution is 0.153. The standard InChI is InChI=1S/C20H17FN2O2/c21-17-3-1-2-13(9-17)4-5-14-8-15-6-7-16-11-23(20(24)25)12-18(16)19(15)22-10-14/h1-3,8-10,16,18H,6-7,11-12H2,(H,24,25). The normalized spacial score (nSPS) is 21.1. The average molecular weight is 336 g/mol. The van der Waals surface area contributed by atoms with Gasteiger partial charge in [0.05, 0.1) is 0 Å². The first-order chi connectivity index (χ1) is 12.1. The maximum absolute atomic E-state index is 13.2.